The van der Waals surface area contributed by atoms with Gasteiger partial charge in [-0.25, -0.2) is 4.79 Å². The Morgan fingerprint density at radius 1 is 1.04 bits per heavy atom. The molecular weight excluding hydrogens is 304 g/mol. The van der Waals surface area contributed by atoms with Gasteiger partial charge in [-0.3, -0.25) is 9.79 Å². The summed E-state index contributed by atoms with van der Waals surface area (Å²) in [6.45, 7) is 8.13. The van der Waals surface area contributed by atoms with Crippen LogP contribution >= 0.6 is 0 Å². The number of aliphatic hydroxyl groups excluding tert-OH is 1. The van der Waals surface area contributed by atoms with E-state index in [4.69, 9.17) is 19.3 Å². The zero-order valence-electron chi connectivity index (χ0n) is 14.3. The molecule has 1 amide bonds. The molecule has 8 nitrogen and oxygen atoms in total. The molecule has 0 aliphatic carbocycles. The molecule has 0 saturated heterocycles. The highest BCUT2D eigenvalue weighted by atomic mass is 16.6. The van der Waals surface area contributed by atoms with Crippen molar-refractivity contribution < 1.29 is 28.9 Å². The van der Waals surface area contributed by atoms with Gasteiger partial charge in [0.1, 0.15) is 18.7 Å². The van der Waals surface area contributed by atoms with Gasteiger partial charge in [-0.15, -0.1) is 0 Å². The summed E-state index contributed by atoms with van der Waals surface area (Å²) in [4.78, 5) is 27.6. The number of amides is 1. The summed E-state index contributed by atoms with van der Waals surface area (Å²) < 4.78 is 15.2. The summed E-state index contributed by atoms with van der Waals surface area (Å²) in [5.41, 5.74) is 0.794. The van der Waals surface area contributed by atoms with Gasteiger partial charge >= 0.3 is 5.97 Å². The summed E-state index contributed by atoms with van der Waals surface area (Å²) >= 11 is 0. The molecule has 0 aromatic rings. The Morgan fingerprint density at radius 2 is 1.61 bits per heavy atom. The van der Waals surface area contributed by atoms with E-state index in [2.05, 4.69) is 10.3 Å². The van der Waals surface area contributed by atoms with Crippen molar-refractivity contribution in [1.29, 1.82) is 0 Å². The van der Waals surface area contributed by atoms with E-state index in [9.17, 15) is 9.59 Å². The third kappa shape index (κ3) is 11.7. The Labute approximate surface area is 137 Å². The number of ether oxygens (including phenoxy) is 3. The Morgan fingerprint density at radius 3 is 2.17 bits per heavy atom. The highest BCUT2D eigenvalue weighted by molar-refractivity contribution is 5.89. The van der Waals surface area contributed by atoms with Crippen molar-refractivity contribution in [2.24, 2.45) is 4.99 Å². The number of nitrogens with one attached hydrogen (secondary N) is 1. The first-order valence-corrected chi connectivity index (χ1v) is 7.62. The van der Waals surface area contributed by atoms with E-state index in [-0.39, 0.29) is 32.3 Å². The third-order valence-electron chi connectivity index (χ3n) is 2.62. The van der Waals surface area contributed by atoms with Crippen molar-refractivity contribution >= 4 is 17.6 Å². The van der Waals surface area contributed by atoms with E-state index in [1.165, 1.54) is 0 Å². The van der Waals surface area contributed by atoms with Crippen LogP contribution in [0.25, 0.3) is 0 Å². The molecule has 0 aromatic carbocycles. The zero-order chi connectivity index (χ0) is 17.7. The van der Waals surface area contributed by atoms with Crippen molar-refractivity contribution in [2.75, 3.05) is 39.6 Å². The average molecular weight is 332 g/mol. The molecule has 0 rings (SSSR count). The number of aliphatic hydroxyl groups is 1. The van der Waals surface area contributed by atoms with Crippen LogP contribution in [0, 0.1) is 0 Å². The number of carbonyl (C=O) groups excluding carboxylic acids is 2. The molecular formula is C15H28N2O6. The van der Waals surface area contributed by atoms with Gasteiger partial charge in [0.25, 0.3) is 0 Å². The normalized spacial score (nSPS) is 13.1. The number of esters is 1. The lowest BCUT2D eigenvalue weighted by molar-refractivity contribution is -0.149. The van der Waals surface area contributed by atoms with Crippen LogP contribution in [0.2, 0.25) is 0 Å². The summed E-state index contributed by atoms with van der Waals surface area (Å²) in [6, 6.07) is -1.29. The molecule has 0 heterocycles. The van der Waals surface area contributed by atoms with Crippen LogP contribution < -0.4 is 5.32 Å². The molecule has 2 unspecified atom stereocenters. The molecule has 0 spiro atoms. The van der Waals surface area contributed by atoms with Crippen LogP contribution in [0.15, 0.2) is 4.99 Å². The Balaban J connectivity index is 3.82. The predicted molar refractivity (Wildman–Crippen MR) is 85.5 cm³/mol. The second-order valence-corrected chi connectivity index (χ2v) is 5.10. The van der Waals surface area contributed by atoms with Gasteiger partial charge in [-0.1, -0.05) is 0 Å². The highest BCUT2D eigenvalue weighted by Crippen LogP contribution is 1.95. The van der Waals surface area contributed by atoms with Gasteiger partial charge < -0.3 is 24.6 Å². The number of rotatable bonds is 12. The van der Waals surface area contributed by atoms with Crippen molar-refractivity contribution in [2.45, 2.75) is 39.8 Å². The van der Waals surface area contributed by atoms with Gasteiger partial charge in [0.05, 0.1) is 33.0 Å². The maximum Gasteiger partial charge on any atom is 0.328 e. The highest BCUT2D eigenvalue weighted by Gasteiger charge is 2.20. The smallest absolute Gasteiger partial charge is 0.328 e. The number of hydrogen-bond acceptors (Lipinski definition) is 7. The van der Waals surface area contributed by atoms with E-state index < -0.39 is 18.1 Å². The molecule has 0 aliphatic heterocycles. The second-order valence-electron chi connectivity index (χ2n) is 5.10. The molecule has 0 aromatic heterocycles. The quantitative estimate of drug-likeness (QED) is 0.294. The lowest BCUT2D eigenvalue weighted by Crippen LogP contribution is -2.43. The molecule has 2 N–H and O–H groups in total. The molecule has 23 heavy (non-hydrogen) atoms. The topological polar surface area (TPSA) is 106 Å². The molecule has 8 heteroatoms. The maximum atomic E-state index is 11.8. The standard InChI is InChI=1S/C15H28N2O6/c1-11(2)16-12(3)14(19)17-13(4)15(20)23-10-9-22-8-7-21-6-5-18/h12-13,18H,5-10H2,1-4H3,(H,17,19). The van der Waals surface area contributed by atoms with Crippen LogP contribution in [-0.4, -0.2) is 74.4 Å². The van der Waals surface area contributed by atoms with Gasteiger partial charge in [0.15, 0.2) is 0 Å². The zero-order valence-corrected chi connectivity index (χ0v) is 14.3. The number of nitrogens with zero attached hydrogens (tertiary/aromatic N) is 1. The number of hydrogen-bond donors (Lipinski definition) is 2. The molecule has 0 radical (unpaired) electrons. The average Bonchev–Trinajstić information content (AvgIpc) is 2.48. The van der Waals surface area contributed by atoms with E-state index in [1.54, 1.807) is 27.7 Å². The fraction of sp³-hybridized carbons (Fsp3) is 0.800. The molecule has 134 valence electrons. The van der Waals surface area contributed by atoms with Gasteiger partial charge in [0, 0.05) is 5.71 Å². The third-order valence-corrected chi connectivity index (χ3v) is 2.62. The van der Waals surface area contributed by atoms with E-state index >= 15 is 0 Å². The van der Waals surface area contributed by atoms with Crippen LogP contribution in [0.1, 0.15) is 27.7 Å². The summed E-state index contributed by atoms with van der Waals surface area (Å²) in [7, 11) is 0. The predicted octanol–water partition coefficient (Wildman–Crippen LogP) is -0.0709. The molecule has 0 saturated carbocycles. The lowest BCUT2D eigenvalue weighted by Gasteiger charge is -2.15. The van der Waals surface area contributed by atoms with Gasteiger partial charge in [-0.05, 0) is 27.7 Å². The maximum absolute atomic E-state index is 11.8. The first-order valence-electron chi connectivity index (χ1n) is 7.62. The Kier molecular flexibility index (Phi) is 12.1. The van der Waals surface area contributed by atoms with E-state index in [0.717, 1.165) is 5.71 Å². The Bertz CT molecular complexity index is 382. The molecule has 0 bridgehead atoms. The van der Waals surface area contributed by atoms with Crippen LogP contribution in [-0.2, 0) is 23.8 Å². The van der Waals surface area contributed by atoms with Crippen LogP contribution in [0.5, 0.6) is 0 Å². The first-order chi connectivity index (χ1) is 10.9. The SMILES string of the molecule is CC(C)=NC(C)C(=O)NC(C)C(=O)OCCOCCOCCO. The minimum Gasteiger partial charge on any atom is -0.462 e. The largest absolute Gasteiger partial charge is 0.462 e. The molecule has 0 aliphatic rings. The molecule has 2 atom stereocenters. The van der Waals surface area contributed by atoms with Crippen molar-refractivity contribution in [1.82, 2.24) is 5.32 Å². The van der Waals surface area contributed by atoms with Crippen LogP contribution in [0.4, 0.5) is 0 Å². The number of carbonyl (C=O) groups is 2. The minimum absolute atomic E-state index is 0.0248. The van der Waals surface area contributed by atoms with Crippen molar-refractivity contribution in [3.63, 3.8) is 0 Å². The van der Waals surface area contributed by atoms with E-state index in [0.29, 0.717) is 13.2 Å². The second kappa shape index (κ2) is 13.0. The summed E-state index contributed by atoms with van der Waals surface area (Å²) in [5.74, 6) is -0.851. The fourth-order valence-corrected chi connectivity index (χ4v) is 1.55. The van der Waals surface area contributed by atoms with Gasteiger partial charge in [0.2, 0.25) is 5.91 Å². The summed E-state index contributed by atoms with van der Waals surface area (Å²) in [5, 5.41) is 11.1. The fourth-order valence-electron chi connectivity index (χ4n) is 1.55. The van der Waals surface area contributed by atoms with Crippen molar-refractivity contribution in [3.8, 4) is 0 Å². The van der Waals surface area contributed by atoms with E-state index in [1.807, 2.05) is 0 Å². The van der Waals surface area contributed by atoms with Crippen LogP contribution in [0.3, 0.4) is 0 Å². The van der Waals surface area contributed by atoms with Crippen molar-refractivity contribution in [3.05, 3.63) is 0 Å². The lowest BCUT2D eigenvalue weighted by atomic mass is 10.2. The monoisotopic (exact) mass is 332 g/mol. The minimum atomic E-state index is -0.745. The van der Waals surface area contributed by atoms with Gasteiger partial charge in [-0.2, -0.15) is 0 Å². The Hall–Kier alpha value is -1.51. The summed E-state index contributed by atoms with van der Waals surface area (Å²) in [6.07, 6.45) is 0. The number of aliphatic imine (C=N–C) groups is 1. The first kappa shape index (κ1) is 21.5. The molecule has 0 fully saturated rings.